The Bertz CT molecular complexity index is 475. The molecule has 2 atom stereocenters. The van der Waals surface area contributed by atoms with Crippen LogP contribution in [0.1, 0.15) is 42.6 Å². The first-order valence-electron chi connectivity index (χ1n) is 7.43. The topological polar surface area (TPSA) is 55.3 Å². The lowest BCUT2D eigenvalue weighted by atomic mass is 9.75. The molecule has 1 saturated carbocycles. The Morgan fingerprint density at radius 3 is 2.70 bits per heavy atom. The van der Waals surface area contributed by atoms with Crippen molar-refractivity contribution in [2.45, 2.75) is 32.1 Å². The highest BCUT2D eigenvalue weighted by Gasteiger charge is 2.31. The summed E-state index contributed by atoms with van der Waals surface area (Å²) in [5, 5.41) is 0. The average molecular weight is 275 g/mol. The Hall–Kier alpha value is -1.65. The number of fused-ring (bicyclic) bond motifs is 1. The standard InChI is InChI=1S/C15H21N3O2/c1-20-15(19)13-8-17-14(9-16-13)18-7-6-11-4-2-3-5-12(11)10-18/h8-9,11-12H,2-7,10H2,1H3. The zero-order valence-corrected chi connectivity index (χ0v) is 11.9. The summed E-state index contributed by atoms with van der Waals surface area (Å²) in [6, 6.07) is 0. The van der Waals surface area contributed by atoms with E-state index in [2.05, 4.69) is 19.6 Å². The van der Waals surface area contributed by atoms with E-state index in [0.29, 0.717) is 0 Å². The van der Waals surface area contributed by atoms with Crippen LogP contribution in [0.4, 0.5) is 5.82 Å². The number of carbonyl (C=O) groups is 1. The van der Waals surface area contributed by atoms with Gasteiger partial charge in [-0.3, -0.25) is 0 Å². The Balaban J connectivity index is 1.68. The Labute approximate surface area is 119 Å². The van der Waals surface area contributed by atoms with E-state index in [1.54, 1.807) is 6.20 Å². The quantitative estimate of drug-likeness (QED) is 0.775. The fourth-order valence-electron chi connectivity index (χ4n) is 3.50. The predicted octanol–water partition coefficient (Wildman–Crippen LogP) is 2.28. The fraction of sp³-hybridized carbons (Fsp3) is 0.667. The number of hydrogen-bond acceptors (Lipinski definition) is 5. The molecule has 0 amide bonds. The predicted molar refractivity (Wildman–Crippen MR) is 75.6 cm³/mol. The van der Waals surface area contributed by atoms with Gasteiger partial charge in [-0.05, 0) is 24.7 Å². The number of rotatable bonds is 2. The molecule has 1 aliphatic carbocycles. The molecule has 5 heteroatoms. The number of hydrogen-bond donors (Lipinski definition) is 0. The number of aromatic nitrogens is 2. The highest BCUT2D eigenvalue weighted by Crippen LogP contribution is 2.36. The van der Waals surface area contributed by atoms with Crippen LogP contribution in [0.5, 0.6) is 0 Å². The van der Waals surface area contributed by atoms with E-state index in [1.165, 1.54) is 45.4 Å². The van der Waals surface area contributed by atoms with E-state index in [9.17, 15) is 4.79 Å². The molecule has 108 valence electrons. The van der Waals surface area contributed by atoms with Crippen molar-refractivity contribution < 1.29 is 9.53 Å². The van der Waals surface area contributed by atoms with Gasteiger partial charge in [-0.25, -0.2) is 14.8 Å². The van der Waals surface area contributed by atoms with E-state index < -0.39 is 5.97 Å². The normalized spacial score (nSPS) is 25.9. The molecule has 0 N–H and O–H groups in total. The number of carbonyl (C=O) groups excluding carboxylic acids is 1. The molecule has 3 rings (SSSR count). The number of piperidine rings is 1. The van der Waals surface area contributed by atoms with Crippen molar-refractivity contribution in [2.75, 3.05) is 25.1 Å². The largest absolute Gasteiger partial charge is 0.464 e. The van der Waals surface area contributed by atoms with Crippen LogP contribution in [-0.4, -0.2) is 36.1 Å². The lowest BCUT2D eigenvalue weighted by molar-refractivity contribution is 0.0593. The maximum Gasteiger partial charge on any atom is 0.358 e. The van der Waals surface area contributed by atoms with Crippen molar-refractivity contribution in [1.29, 1.82) is 0 Å². The van der Waals surface area contributed by atoms with Gasteiger partial charge in [0.05, 0.1) is 19.5 Å². The van der Waals surface area contributed by atoms with Gasteiger partial charge in [-0.15, -0.1) is 0 Å². The maximum absolute atomic E-state index is 11.4. The van der Waals surface area contributed by atoms with Crippen LogP contribution in [0, 0.1) is 11.8 Å². The summed E-state index contributed by atoms with van der Waals surface area (Å²) in [5.41, 5.74) is 0.267. The van der Waals surface area contributed by atoms with E-state index in [1.807, 2.05) is 0 Å². The van der Waals surface area contributed by atoms with Gasteiger partial charge in [-0.1, -0.05) is 19.3 Å². The van der Waals surface area contributed by atoms with Crippen LogP contribution in [0.25, 0.3) is 0 Å². The summed E-state index contributed by atoms with van der Waals surface area (Å²) in [4.78, 5) is 22.2. The summed E-state index contributed by atoms with van der Waals surface area (Å²) >= 11 is 0. The van der Waals surface area contributed by atoms with E-state index in [-0.39, 0.29) is 5.69 Å². The smallest absolute Gasteiger partial charge is 0.358 e. The van der Waals surface area contributed by atoms with E-state index >= 15 is 0 Å². The molecule has 5 nitrogen and oxygen atoms in total. The molecule has 0 radical (unpaired) electrons. The van der Waals surface area contributed by atoms with Gasteiger partial charge in [0.1, 0.15) is 5.82 Å². The lowest BCUT2D eigenvalue weighted by Crippen LogP contribution is -2.42. The number of ether oxygens (including phenoxy) is 1. The number of anilines is 1. The third-order valence-corrected chi connectivity index (χ3v) is 4.65. The monoisotopic (exact) mass is 275 g/mol. The fourth-order valence-corrected chi connectivity index (χ4v) is 3.50. The van der Waals surface area contributed by atoms with Crippen molar-refractivity contribution in [1.82, 2.24) is 9.97 Å². The average Bonchev–Trinajstić information content (AvgIpc) is 2.54. The molecular formula is C15H21N3O2. The summed E-state index contributed by atoms with van der Waals surface area (Å²) < 4.78 is 4.64. The highest BCUT2D eigenvalue weighted by molar-refractivity contribution is 5.86. The van der Waals surface area contributed by atoms with Crippen molar-refractivity contribution in [3.05, 3.63) is 18.1 Å². The van der Waals surface area contributed by atoms with Gasteiger partial charge in [0, 0.05) is 13.1 Å². The van der Waals surface area contributed by atoms with Gasteiger partial charge >= 0.3 is 5.97 Å². The van der Waals surface area contributed by atoms with Crippen LogP contribution < -0.4 is 4.90 Å². The molecule has 1 aromatic rings. The molecular weight excluding hydrogens is 254 g/mol. The molecule has 1 saturated heterocycles. The minimum Gasteiger partial charge on any atom is -0.464 e. The second-order valence-corrected chi connectivity index (χ2v) is 5.79. The summed E-state index contributed by atoms with van der Waals surface area (Å²) in [5.74, 6) is 2.15. The van der Waals surface area contributed by atoms with Crippen molar-refractivity contribution in [3.8, 4) is 0 Å². The first-order valence-corrected chi connectivity index (χ1v) is 7.43. The summed E-state index contributed by atoms with van der Waals surface area (Å²) in [6.07, 6.45) is 9.95. The van der Waals surface area contributed by atoms with E-state index in [4.69, 9.17) is 0 Å². The van der Waals surface area contributed by atoms with Crippen LogP contribution >= 0.6 is 0 Å². The van der Waals surface area contributed by atoms with Gasteiger partial charge in [-0.2, -0.15) is 0 Å². The van der Waals surface area contributed by atoms with E-state index in [0.717, 1.165) is 30.7 Å². The molecule has 2 heterocycles. The zero-order valence-electron chi connectivity index (χ0n) is 11.9. The SMILES string of the molecule is COC(=O)c1cnc(N2CCC3CCCCC3C2)cn1. The molecule has 0 aromatic carbocycles. The van der Waals surface area contributed by atoms with Crippen molar-refractivity contribution in [3.63, 3.8) is 0 Å². The molecule has 1 aromatic heterocycles. The van der Waals surface area contributed by atoms with Crippen LogP contribution in [0.2, 0.25) is 0 Å². The van der Waals surface area contributed by atoms with Crippen molar-refractivity contribution in [2.24, 2.45) is 11.8 Å². The number of esters is 1. The Kier molecular flexibility index (Phi) is 3.85. The number of methoxy groups -OCH3 is 1. The molecule has 1 aliphatic heterocycles. The van der Waals surface area contributed by atoms with Gasteiger partial charge in [0.15, 0.2) is 5.69 Å². The van der Waals surface area contributed by atoms with Gasteiger partial charge in [0.25, 0.3) is 0 Å². The second-order valence-electron chi connectivity index (χ2n) is 5.79. The van der Waals surface area contributed by atoms with Gasteiger partial charge < -0.3 is 9.64 Å². The molecule has 0 spiro atoms. The molecule has 0 bridgehead atoms. The number of nitrogens with zero attached hydrogens (tertiary/aromatic N) is 3. The molecule has 2 unspecified atom stereocenters. The Morgan fingerprint density at radius 1 is 1.20 bits per heavy atom. The summed E-state index contributed by atoms with van der Waals surface area (Å²) in [7, 11) is 1.35. The summed E-state index contributed by atoms with van der Waals surface area (Å²) in [6.45, 7) is 2.13. The molecule has 20 heavy (non-hydrogen) atoms. The molecule has 2 aliphatic rings. The minimum absolute atomic E-state index is 0.267. The third kappa shape index (κ3) is 2.62. The first-order chi connectivity index (χ1) is 9.78. The molecule has 2 fully saturated rings. The lowest BCUT2D eigenvalue weighted by Gasteiger charge is -2.41. The minimum atomic E-state index is -0.435. The zero-order chi connectivity index (χ0) is 13.9. The second kappa shape index (κ2) is 5.77. The van der Waals surface area contributed by atoms with Gasteiger partial charge in [0.2, 0.25) is 0 Å². The first kappa shape index (κ1) is 13.3. The van der Waals surface area contributed by atoms with Crippen LogP contribution in [0.3, 0.4) is 0 Å². The van der Waals surface area contributed by atoms with Crippen LogP contribution in [-0.2, 0) is 4.74 Å². The highest BCUT2D eigenvalue weighted by atomic mass is 16.5. The maximum atomic E-state index is 11.4. The Morgan fingerprint density at radius 2 is 2.00 bits per heavy atom. The third-order valence-electron chi connectivity index (χ3n) is 4.65. The van der Waals surface area contributed by atoms with Crippen LogP contribution in [0.15, 0.2) is 12.4 Å². The van der Waals surface area contributed by atoms with Crippen molar-refractivity contribution >= 4 is 11.8 Å².